The molecule has 0 radical (unpaired) electrons. The number of hydrogen-bond donors (Lipinski definition) is 1. The van der Waals surface area contributed by atoms with Crippen LogP contribution in [0.25, 0.3) is 11.1 Å². The first-order valence-electron chi connectivity index (χ1n) is 6.66. The van der Waals surface area contributed by atoms with Gasteiger partial charge in [-0.25, -0.2) is 4.98 Å². The van der Waals surface area contributed by atoms with Gasteiger partial charge >= 0.3 is 0 Å². The number of nitrogens with one attached hydrogen (secondary N) is 1. The number of oxazole rings is 1. The van der Waals surface area contributed by atoms with Gasteiger partial charge in [0.25, 0.3) is 0 Å². The zero-order chi connectivity index (χ0) is 13.5. The maximum atomic E-state index is 5.98. The quantitative estimate of drug-likeness (QED) is 0.737. The maximum absolute atomic E-state index is 5.98. The van der Waals surface area contributed by atoms with Gasteiger partial charge in [0, 0.05) is 11.6 Å². The van der Waals surface area contributed by atoms with Crippen molar-refractivity contribution in [2.24, 2.45) is 0 Å². The molecule has 3 aromatic rings. The van der Waals surface area contributed by atoms with Crippen molar-refractivity contribution in [2.45, 2.75) is 19.0 Å². The van der Waals surface area contributed by atoms with Crippen LogP contribution in [0.5, 0.6) is 0 Å². The highest BCUT2D eigenvalue weighted by atomic mass is 35.5. The van der Waals surface area contributed by atoms with Crippen LogP contribution in [0.2, 0.25) is 5.02 Å². The molecule has 1 aromatic heterocycles. The van der Waals surface area contributed by atoms with E-state index in [0.29, 0.717) is 5.02 Å². The van der Waals surface area contributed by atoms with Crippen LogP contribution in [0.1, 0.15) is 23.1 Å². The summed E-state index contributed by atoms with van der Waals surface area (Å²) in [6, 6.07) is 14.1. The fourth-order valence-electron chi connectivity index (χ4n) is 2.70. The SMILES string of the molecule is Clc1ccc2oc(C3Cc4ccccc4CN3)nc2c1. The number of fused-ring (bicyclic) bond motifs is 2. The van der Waals surface area contributed by atoms with Crippen LogP contribution in [-0.2, 0) is 13.0 Å². The first-order valence-corrected chi connectivity index (χ1v) is 7.03. The third-order valence-corrected chi connectivity index (χ3v) is 3.98. The lowest BCUT2D eigenvalue weighted by molar-refractivity contribution is 0.395. The Morgan fingerprint density at radius 1 is 1.15 bits per heavy atom. The van der Waals surface area contributed by atoms with Crippen LogP contribution in [-0.4, -0.2) is 4.98 Å². The van der Waals surface area contributed by atoms with Gasteiger partial charge < -0.3 is 9.73 Å². The highest BCUT2D eigenvalue weighted by Crippen LogP contribution is 2.28. The maximum Gasteiger partial charge on any atom is 0.212 e. The Hall–Kier alpha value is -1.84. The topological polar surface area (TPSA) is 38.1 Å². The van der Waals surface area contributed by atoms with Crippen molar-refractivity contribution >= 4 is 22.7 Å². The van der Waals surface area contributed by atoms with Gasteiger partial charge in [0.1, 0.15) is 5.52 Å². The average Bonchev–Trinajstić information content (AvgIpc) is 2.89. The van der Waals surface area contributed by atoms with Gasteiger partial charge in [-0.05, 0) is 35.7 Å². The van der Waals surface area contributed by atoms with E-state index in [1.165, 1.54) is 11.1 Å². The summed E-state index contributed by atoms with van der Waals surface area (Å²) in [7, 11) is 0. The Morgan fingerprint density at radius 2 is 2.00 bits per heavy atom. The van der Waals surface area contributed by atoms with Crippen molar-refractivity contribution in [3.63, 3.8) is 0 Å². The zero-order valence-corrected chi connectivity index (χ0v) is 11.5. The molecule has 1 aliphatic heterocycles. The Bertz CT molecular complexity index is 781. The summed E-state index contributed by atoms with van der Waals surface area (Å²) in [5.41, 5.74) is 4.30. The number of rotatable bonds is 1. The summed E-state index contributed by atoms with van der Waals surface area (Å²) >= 11 is 5.98. The molecule has 0 bridgehead atoms. The summed E-state index contributed by atoms with van der Waals surface area (Å²) in [6.45, 7) is 0.848. The van der Waals surface area contributed by atoms with E-state index < -0.39 is 0 Å². The van der Waals surface area contributed by atoms with Crippen LogP contribution in [0.4, 0.5) is 0 Å². The molecule has 4 rings (SSSR count). The van der Waals surface area contributed by atoms with Crippen molar-refractivity contribution in [1.29, 1.82) is 0 Å². The lowest BCUT2D eigenvalue weighted by Gasteiger charge is -2.23. The summed E-state index contributed by atoms with van der Waals surface area (Å²) in [4.78, 5) is 4.56. The molecule has 1 atom stereocenters. The number of nitrogens with zero attached hydrogens (tertiary/aromatic N) is 1. The molecular weight excluding hydrogens is 272 g/mol. The van der Waals surface area contributed by atoms with Gasteiger partial charge in [-0.1, -0.05) is 35.9 Å². The minimum absolute atomic E-state index is 0.121. The molecule has 4 heteroatoms. The Balaban J connectivity index is 1.70. The molecule has 100 valence electrons. The van der Waals surface area contributed by atoms with Crippen molar-refractivity contribution in [3.05, 3.63) is 64.5 Å². The fourth-order valence-corrected chi connectivity index (χ4v) is 2.86. The summed E-state index contributed by atoms with van der Waals surface area (Å²) in [6.07, 6.45) is 0.900. The Kier molecular flexibility index (Phi) is 2.76. The third-order valence-electron chi connectivity index (χ3n) is 3.75. The Labute approximate surface area is 121 Å². The number of hydrogen-bond acceptors (Lipinski definition) is 3. The molecule has 20 heavy (non-hydrogen) atoms. The molecule has 2 aromatic carbocycles. The zero-order valence-electron chi connectivity index (χ0n) is 10.8. The van der Waals surface area contributed by atoms with E-state index in [4.69, 9.17) is 16.0 Å². The average molecular weight is 285 g/mol. The van der Waals surface area contributed by atoms with Crippen molar-refractivity contribution in [3.8, 4) is 0 Å². The number of benzene rings is 2. The van der Waals surface area contributed by atoms with E-state index >= 15 is 0 Å². The normalized spacial score (nSPS) is 18.1. The van der Waals surface area contributed by atoms with Gasteiger partial charge in [-0.15, -0.1) is 0 Å². The number of aromatic nitrogens is 1. The van der Waals surface area contributed by atoms with E-state index in [1.807, 2.05) is 18.2 Å². The first-order chi connectivity index (χ1) is 9.79. The Morgan fingerprint density at radius 3 is 2.90 bits per heavy atom. The lowest BCUT2D eigenvalue weighted by atomic mass is 9.96. The molecule has 0 spiro atoms. The molecule has 1 N–H and O–H groups in total. The standard InChI is InChI=1S/C16H13ClN2O/c17-12-5-6-15-13(8-12)19-16(20-15)14-7-10-3-1-2-4-11(10)9-18-14/h1-6,8,14,18H,7,9H2. The van der Waals surface area contributed by atoms with Crippen molar-refractivity contribution < 1.29 is 4.42 Å². The molecule has 0 saturated heterocycles. The van der Waals surface area contributed by atoms with Crippen molar-refractivity contribution in [1.82, 2.24) is 10.3 Å². The van der Waals surface area contributed by atoms with Gasteiger partial charge in [0.2, 0.25) is 5.89 Å². The van der Waals surface area contributed by atoms with E-state index in [0.717, 1.165) is 30.0 Å². The molecule has 1 aliphatic rings. The van der Waals surface area contributed by atoms with Crippen molar-refractivity contribution in [2.75, 3.05) is 0 Å². The van der Waals surface area contributed by atoms with Crippen LogP contribution in [0.3, 0.4) is 0 Å². The fraction of sp³-hybridized carbons (Fsp3) is 0.188. The second kappa shape index (κ2) is 4.62. The second-order valence-corrected chi connectivity index (χ2v) is 5.51. The largest absolute Gasteiger partial charge is 0.439 e. The molecule has 2 heterocycles. The highest BCUT2D eigenvalue weighted by Gasteiger charge is 2.23. The van der Waals surface area contributed by atoms with E-state index in [1.54, 1.807) is 0 Å². The van der Waals surface area contributed by atoms with E-state index in [9.17, 15) is 0 Å². The first kappa shape index (κ1) is 11.9. The highest BCUT2D eigenvalue weighted by molar-refractivity contribution is 6.31. The van der Waals surface area contributed by atoms with Crippen LogP contribution in [0.15, 0.2) is 46.9 Å². The van der Waals surface area contributed by atoms with Gasteiger partial charge in [-0.2, -0.15) is 0 Å². The molecule has 1 unspecified atom stereocenters. The van der Waals surface area contributed by atoms with Crippen LogP contribution in [0, 0.1) is 0 Å². The number of halogens is 1. The monoisotopic (exact) mass is 284 g/mol. The molecular formula is C16H13ClN2O. The van der Waals surface area contributed by atoms with Crippen LogP contribution >= 0.6 is 11.6 Å². The van der Waals surface area contributed by atoms with Crippen LogP contribution < -0.4 is 5.32 Å². The minimum Gasteiger partial charge on any atom is -0.439 e. The smallest absolute Gasteiger partial charge is 0.212 e. The van der Waals surface area contributed by atoms with E-state index in [-0.39, 0.29) is 6.04 Å². The predicted molar refractivity (Wildman–Crippen MR) is 78.7 cm³/mol. The second-order valence-electron chi connectivity index (χ2n) is 5.07. The molecule has 0 fully saturated rings. The molecule has 0 amide bonds. The van der Waals surface area contributed by atoms with Gasteiger partial charge in [0.15, 0.2) is 5.58 Å². The summed E-state index contributed by atoms with van der Waals surface area (Å²) in [5, 5.41) is 4.16. The van der Waals surface area contributed by atoms with E-state index in [2.05, 4.69) is 34.6 Å². The summed E-state index contributed by atoms with van der Waals surface area (Å²) < 4.78 is 5.85. The van der Waals surface area contributed by atoms with Gasteiger partial charge in [-0.3, -0.25) is 0 Å². The predicted octanol–water partition coefficient (Wildman–Crippen LogP) is 3.87. The molecule has 3 nitrogen and oxygen atoms in total. The minimum atomic E-state index is 0.121. The molecule has 0 saturated carbocycles. The third kappa shape index (κ3) is 1.99. The lowest BCUT2D eigenvalue weighted by Crippen LogP contribution is -2.28. The molecule has 0 aliphatic carbocycles. The van der Waals surface area contributed by atoms with Gasteiger partial charge in [0.05, 0.1) is 6.04 Å². The summed E-state index contributed by atoms with van der Waals surface area (Å²) in [5.74, 6) is 0.733.